The zero-order valence-electron chi connectivity index (χ0n) is 12.1. The molecule has 1 aliphatic heterocycles. The molecule has 1 fully saturated rings. The lowest BCUT2D eigenvalue weighted by molar-refractivity contribution is 0.0883. The number of β-amino-alcohol motifs (C(OH)–C–C–N with tert-alkyl or cyclic N) is 1. The molecule has 1 aromatic rings. The first-order chi connectivity index (χ1) is 9.54. The van der Waals surface area contributed by atoms with E-state index in [4.69, 9.17) is 0 Å². The number of likely N-dealkylation sites (N-methyl/N-ethyl adjacent to an activating group) is 1. The number of aliphatic hydroxyl groups excluding tert-OH is 1. The minimum atomic E-state index is -0.410. The van der Waals surface area contributed by atoms with E-state index in [1.165, 1.54) is 0 Å². The highest BCUT2D eigenvalue weighted by Gasteiger charge is 2.22. The summed E-state index contributed by atoms with van der Waals surface area (Å²) in [5, 5.41) is 16.7. The summed E-state index contributed by atoms with van der Waals surface area (Å²) in [5.41, 5.74) is 0. The normalized spacial score (nSPS) is 19.4. The van der Waals surface area contributed by atoms with Gasteiger partial charge in [0.2, 0.25) is 0 Å². The molecule has 2 rings (SSSR count). The standard InChI is InChI=1S/C13H23N5O2/c1-16(2)8-9-18-7-5-12(15-18)14-13(20)17-6-3-4-11(19)10-17/h5,7,11,19H,3-4,6,8-10H2,1-2H3,(H,14,15,20). The van der Waals surface area contributed by atoms with Gasteiger partial charge in [0.25, 0.3) is 0 Å². The van der Waals surface area contributed by atoms with Crippen LogP contribution in [0.1, 0.15) is 12.8 Å². The third-order valence-corrected chi connectivity index (χ3v) is 3.34. The van der Waals surface area contributed by atoms with Crippen molar-refractivity contribution < 1.29 is 9.90 Å². The number of amides is 2. The fraction of sp³-hybridized carbons (Fsp3) is 0.692. The van der Waals surface area contributed by atoms with Crippen molar-refractivity contribution >= 4 is 11.8 Å². The van der Waals surface area contributed by atoms with Crippen LogP contribution in [0.25, 0.3) is 0 Å². The van der Waals surface area contributed by atoms with Crippen molar-refractivity contribution in [1.29, 1.82) is 0 Å². The van der Waals surface area contributed by atoms with Crippen LogP contribution in [0.15, 0.2) is 12.3 Å². The van der Waals surface area contributed by atoms with Gasteiger partial charge in [0.15, 0.2) is 5.82 Å². The average molecular weight is 281 g/mol. The molecule has 1 aromatic heterocycles. The van der Waals surface area contributed by atoms with E-state index in [0.29, 0.717) is 18.9 Å². The summed E-state index contributed by atoms with van der Waals surface area (Å²) in [4.78, 5) is 15.7. The summed E-state index contributed by atoms with van der Waals surface area (Å²) < 4.78 is 1.81. The van der Waals surface area contributed by atoms with Crippen LogP contribution in [-0.2, 0) is 6.54 Å². The number of carbonyl (C=O) groups excluding carboxylic acids is 1. The second kappa shape index (κ2) is 6.71. The van der Waals surface area contributed by atoms with Gasteiger partial charge in [0.1, 0.15) is 0 Å². The zero-order valence-corrected chi connectivity index (χ0v) is 12.1. The number of rotatable bonds is 4. The fourth-order valence-electron chi connectivity index (χ4n) is 2.18. The number of aromatic nitrogens is 2. The molecule has 7 nitrogen and oxygen atoms in total. The molecule has 0 aromatic carbocycles. The van der Waals surface area contributed by atoms with Crippen molar-refractivity contribution in [3.8, 4) is 0 Å². The molecule has 1 saturated heterocycles. The number of anilines is 1. The monoisotopic (exact) mass is 281 g/mol. The van der Waals surface area contributed by atoms with Gasteiger partial charge in [-0.3, -0.25) is 10.00 Å². The minimum Gasteiger partial charge on any atom is -0.391 e. The Hall–Kier alpha value is -1.60. The molecule has 7 heteroatoms. The number of likely N-dealkylation sites (tertiary alicyclic amines) is 1. The maximum Gasteiger partial charge on any atom is 0.323 e. The van der Waals surface area contributed by atoms with E-state index in [1.54, 1.807) is 15.6 Å². The van der Waals surface area contributed by atoms with Gasteiger partial charge >= 0.3 is 6.03 Å². The Morgan fingerprint density at radius 1 is 1.60 bits per heavy atom. The minimum absolute atomic E-state index is 0.193. The van der Waals surface area contributed by atoms with Crippen molar-refractivity contribution in [2.24, 2.45) is 0 Å². The van der Waals surface area contributed by atoms with E-state index in [9.17, 15) is 9.90 Å². The maximum absolute atomic E-state index is 12.0. The first-order valence-corrected chi connectivity index (χ1v) is 6.97. The molecule has 0 bridgehead atoms. The summed E-state index contributed by atoms with van der Waals surface area (Å²) in [5.74, 6) is 0.550. The van der Waals surface area contributed by atoms with Crippen LogP contribution in [0.4, 0.5) is 10.6 Å². The van der Waals surface area contributed by atoms with Crippen molar-refractivity contribution in [2.45, 2.75) is 25.5 Å². The van der Waals surface area contributed by atoms with Crippen molar-refractivity contribution in [2.75, 3.05) is 39.0 Å². The van der Waals surface area contributed by atoms with Gasteiger partial charge in [0, 0.05) is 31.9 Å². The number of aliphatic hydroxyl groups is 1. The number of hydrogen-bond acceptors (Lipinski definition) is 4. The van der Waals surface area contributed by atoms with Gasteiger partial charge in [-0.1, -0.05) is 0 Å². The largest absolute Gasteiger partial charge is 0.391 e. The SMILES string of the molecule is CN(C)CCn1ccc(NC(=O)N2CCCC(O)C2)n1. The summed E-state index contributed by atoms with van der Waals surface area (Å²) in [6.45, 7) is 2.76. The van der Waals surface area contributed by atoms with Gasteiger partial charge in [-0.15, -0.1) is 0 Å². The predicted octanol–water partition coefficient (Wildman–Crippen LogP) is 0.433. The summed E-state index contributed by atoms with van der Waals surface area (Å²) in [6, 6.07) is 1.59. The molecular weight excluding hydrogens is 258 g/mol. The average Bonchev–Trinajstić information content (AvgIpc) is 2.84. The number of nitrogens with one attached hydrogen (secondary N) is 1. The zero-order chi connectivity index (χ0) is 14.5. The molecule has 1 unspecified atom stereocenters. The Balaban J connectivity index is 1.84. The Morgan fingerprint density at radius 2 is 2.40 bits per heavy atom. The van der Waals surface area contributed by atoms with E-state index in [1.807, 2.05) is 20.3 Å². The lowest BCUT2D eigenvalue weighted by Crippen LogP contribution is -2.44. The molecule has 2 amide bonds. The van der Waals surface area contributed by atoms with Gasteiger partial charge in [0.05, 0.1) is 12.6 Å². The van der Waals surface area contributed by atoms with Gasteiger partial charge in [-0.2, -0.15) is 5.10 Å². The quantitative estimate of drug-likeness (QED) is 0.839. The van der Waals surface area contributed by atoms with E-state index in [-0.39, 0.29) is 6.03 Å². The van der Waals surface area contributed by atoms with E-state index < -0.39 is 6.10 Å². The van der Waals surface area contributed by atoms with Crippen LogP contribution in [-0.4, -0.2) is 70.6 Å². The number of urea groups is 1. The lowest BCUT2D eigenvalue weighted by atomic mass is 10.1. The van der Waals surface area contributed by atoms with Crippen LogP contribution >= 0.6 is 0 Å². The number of carbonyl (C=O) groups is 1. The molecule has 0 saturated carbocycles. The van der Waals surface area contributed by atoms with Crippen molar-refractivity contribution in [1.82, 2.24) is 19.6 Å². The Kier molecular flexibility index (Phi) is 4.97. The predicted molar refractivity (Wildman–Crippen MR) is 76.6 cm³/mol. The summed E-state index contributed by atoms with van der Waals surface area (Å²) >= 11 is 0. The van der Waals surface area contributed by atoms with Crippen LogP contribution in [0.2, 0.25) is 0 Å². The molecule has 2 N–H and O–H groups in total. The number of hydrogen-bond donors (Lipinski definition) is 2. The smallest absolute Gasteiger partial charge is 0.323 e. The second-order valence-corrected chi connectivity index (χ2v) is 5.44. The van der Waals surface area contributed by atoms with Crippen LogP contribution in [0, 0.1) is 0 Å². The van der Waals surface area contributed by atoms with Crippen LogP contribution in [0.5, 0.6) is 0 Å². The second-order valence-electron chi connectivity index (χ2n) is 5.44. The molecule has 112 valence electrons. The Morgan fingerprint density at radius 3 is 3.10 bits per heavy atom. The van der Waals surface area contributed by atoms with Crippen LogP contribution in [0.3, 0.4) is 0 Å². The van der Waals surface area contributed by atoms with Crippen molar-refractivity contribution in [3.05, 3.63) is 12.3 Å². The Labute approximate surface area is 119 Å². The maximum atomic E-state index is 12.0. The number of piperidine rings is 1. The van der Waals surface area contributed by atoms with Gasteiger partial charge < -0.3 is 14.9 Å². The highest BCUT2D eigenvalue weighted by atomic mass is 16.3. The molecule has 0 aliphatic carbocycles. The Bertz CT molecular complexity index is 446. The third-order valence-electron chi connectivity index (χ3n) is 3.34. The molecule has 0 radical (unpaired) electrons. The lowest BCUT2D eigenvalue weighted by Gasteiger charge is -2.29. The molecule has 1 aliphatic rings. The summed E-state index contributed by atoms with van der Waals surface area (Å²) in [7, 11) is 4.02. The third kappa shape index (κ3) is 4.21. The van der Waals surface area contributed by atoms with Gasteiger partial charge in [-0.05, 0) is 26.9 Å². The molecule has 20 heavy (non-hydrogen) atoms. The fourth-order valence-corrected chi connectivity index (χ4v) is 2.18. The summed E-state index contributed by atoms with van der Waals surface area (Å²) in [6.07, 6.45) is 3.05. The topological polar surface area (TPSA) is 73.6 Å². The first-order valence-electron chi connectivity index (χ1n) is 6.97. The highest BCUT2D eigenvalue weighted by molar-refractivity contribution is 5.88. The molecular formula is C13H23N5O2. The molecule has 1 atom stereocenters. The molecule has 2 heterocycles. The first kappa shape index (κ1) is 14.8. The number of nitrogens with zero attached hydrogens (tertiary/aromatic N) is 4. The van der Waals surface area contributed by atoms with E-state index >= 15 is 0 Å². The van der Waals surface area contributed by atoms with E-state index in [0.717, 1.165) is 25.9 Å². The highest BCUT2D eigenvalue weighted by Crippen LogP contribution is 2.12. The van der Waals surface area contributed by atoms with Crippen molar-refractivity contribution in [3.63, 3.8) is 0 Å². The van der Waals surface area contributed by atoms with Gasteiger partial charge in [-0.25, -0.2) is 4.79 Å². The molecule has 0 spiro atoms. The van der Waals surface area contributed by atoms with Crippen LogP contribution < -0.4 is 5.32 Å². The van der Waals surface area contributed by atoms with E-state index in [2.05, 4.69) is 15.3 Å².